The summed E-state index contributed by atoms with van der Waals surface area (Å²) in [6.07, 6.45) is 6.59. The highest BCUT2D eigenvalue weighted by Gasteiger charge is 2.03. The van der Waals surface area contributed by atoms with E-state index in [9.17, 15) is 0 Å². The van der Waals surface area contributed by atoms with Crippen molar-refractivity contribution in [3.63, 3.8) is 0 Å². The summed E-state index contributed by atoms with van der Waals surface area (Å²) in [4.78, 5) is 0. The average molecular weight is 354 g/mol. The summed E-state index contributed by atoms with van der Waals surface area (Å²) >= 11 is 3.60. The van der Waals surface area contributed by atoms with Gasteiger partial charge >= 0.3 is 0 Å². The molecule has 0 saturated heterocycles. The first-order chi connectivity index (χ1) is 10.1. The summed E-state index contributed by atoms with van der Waals surface area (Å²) in [5.74, 6) is 1.63. The predicted molar refractivity (Wildman–Crippen MR) is 94.8 cm³/mol. The molecule has 1 aromatic carbocycles. The van der Waals surface area contributed by atoms with Gasteiger partial charge in [0.15, 0.2) is 0 Å². The molecule has 0 amide bonds. The molecule has 0 saturated carbocycles. The highest BCUT2D eigenvalue weighted by Crippen LogP contribution is 2.23. The third kappa shape index (κ3) is 8.27. The summed E-state index contributed by atoms with van der Waals surface area (Å²) < 4.78 is 6.97. The topological polar surface area (TPSA) is 21.3 Å². The zero-order valence-corrected chi connectivity index (χ0v) is 14.9. The first-order valence-electron chi connectivity index (χ1n) is 7.86. The van der Waals surface area contributed by atoms with E-state index in [-0.39, 0.29) is 0 Å². The quantitative estimate of drug-likeness (QED) is 0.429. The Morgan fingerprint density at radius 1 is 1.29 bits per heavy atom. The van der Waals surface area contributed by atoms with Gasteiger partial charge in [-0.15, -0.1) is 6.58 Å². The lowest BCUT2D eigenvalue weighted by Gasteiger charge is -2.12. The standard InChI is InChI=1S/C18H28BrNO/c1-4-5-6-7-8-11-21-17-9-10-18(19)16(12-17)14-20-13-15(2)3/h4,9-10,12,15,20H,1,5-8,11,13-14H2,2-3H3. The molecule has 0 heterocycles. The molecule has 0 spiro atoms. The Balaban J connectivity index is 2.36. The van der Waals surface area contributed by atoms with E-state index in [1.807, 2.05) is 12.1 Å². The largest absolute Gasteiger partial charge is 0.494 e. The van der Waals surface area contributed by atoms with E-state index >= 15 is 0 Å². The zero-order valence-electron chi connectivity index (χ0n) is 13.3. The lowest BCUT2D eigenvalue weighted by atomic mass is 10.2. The summed E-state index contributed by atoms with van der Waals surface area (Å²) in [6.45, 7) is 10.9. The van der Waals surface area contributed by atoms with Crippen molar-refractivity contribution in [3.05, 3.63) is 40.9 Å². The first-order valence-corrected chi connectivity index (χ1v) is 8.65. The molecule has 0 fully saturated rings. The molecule has 1 aromatic rings. The van der Waals surface area contributed by atoms with Gasteiger partial charge in [0.2, 0.25) is 0 Å². The molecule has 2 nitrogen and oxygen atoms in total. The smallest absolute Gasteiger partial charge is 0.119 e. The fourth-order valence-electron chi connectivity index (χ4n) is 2.03. The minimum absolute atomic E-state index is 0.666. The molecule has 0 aliphatic heterocycles. The van der Waals surface area contributed by atoms with Crippen LogP contribution in [0.3, 0.4) is 0 Å². The number of unbranched alkanes of at least 4 members (excludes halogenated alkanes) is 3. The van der Waals surface area contributed by atoms with Crippen LogP contribution in [0.2, 0.25) is 0 Å². The number of allylic oxidation sites excluding steroid dienone is 1. The lowest BCUT2D eigenvalue weighted by Crippen LogP contribution is -2.19. The van der Waals surface area contributed by atoms with E-state index in [0.717, 1.165) is 42.8 Å². The molecule has 0 bridgehead atoms. The van der Waals surface area contributed by atoms with E-state index in [0.29, 0.717) is 5.92 Å². The molecule has 0 radical (unpaired) electrons. The summed E-state index contributed by atoms with van der Waals surface area (Å²) in [5.41, 5.74) is 1.25. The fraction of sp³-hybridized carbons (Fsp3) is 0.556. The van der Waals surface area contributed by atoms with Crippen molar-refractivity contribution < 1.29 is 4.74 Å². The third-order valence-electron chi connectivity index (χ3n) is 3.21. The van der Waals surface area contributed by atoms with Crippen molar-refractivity contribution in [2.45, 2.75) is 46.1 Å². The first kappa shape index (κ1) is 18.2. The Morgan fingerprint density at radius 3 is 2.81 bits per heavy atom. The second kappa shape index (κ2) is 10.9. The maximum atomic E-state index is 5.83. The fourth-order valence-corrected chi connectivity index (χ4v) is 2.42. The van der Waals surface area contributed by atoms with Crippen LogP contribution in [-0.2, 0) is 6.54 Å². The number of benzene rings is 1. The number of nitrogens with one attached hydrogen (secondary N) is 1. The Kier molecular flexibility index (Phi) is 9.44. The predicted octanol–water partition coefficient (Wildman–Crippen LogP) is 5.32. The Bertz CT molecular complexity index is 418. The van der Waals surface area contributed by atoms with Crippen molar-refractivity contribution in [2.24, 2.45) is 5.92 Å². The van der Waals surface area contributed by atoms with Gasteiger partial charge in [0.1, 0.15) is 5.75 Å². The van der Waals surface area contributed by atoms with Crippen molar-refractivity contribution >= 4 is 15.9 Å². The van der Waals surface area contributed by atoms with E-state index in [2.05, 4.69) is 53.8 Å². The van der Waals surface area contributed by atoms with Crippen LogP contribution in [0.1, 0.15) is 45.1 Å². The van der Waals surface area contributed by atoms with E-state index in [4.69, 9.17) is 4.74 Å². The number of ether oxygens (including phenoxy) is 1. The van der Waals surface area contributed by atoms with E-state index < -0.39 is 0 Å². The van der Waals surface area contributed by atoms with Gasteiger partial charge in [-0.25, -0.2) is 0 Å². The van der Waals surface area contributed by atoms with Crippen LogP contribution < -0.4 is 10.1 Å². The highest BCUT2D eigenvalue weighted by atomic mass is 79.9. The Morgan fingerprint density at radius 2 is 2.10 bits per heavy atom. The zero-order chi connectivity index (χ0) is 15.5. The molecule has 0 aliphatic rings. The monoisotopic (exact) mass is 353 g/mol. The Hall–Kier alpha value is -0.800. The number of hydrogen-bond donors (Lipinski definition) is 1. The average Bonchev–Trinajstić information content (AvgIpc) is 2.45. The van der Waals surface area contributed by atoms with Gasteiger partial charge in [-0.3, -0.25) is 0 Å². The molecule has 0 aliphatic carbocycles. The molecule has 118 valence electrons. The highest BCUT2D eigenvalue weighted by molar-refractivity contribution is 9.10. The van der Waals surface area contributed by atoms with Gasteiger partial charge in [0.05, 0.1) is 6.61 Å². The molecular weight excluding hydrogens is 326 g/mol. The maximum absolute atomic E-state index is 5.83. The van der Waals surface area contributed by atoms with Gasteiger partial charge in [-0.2, -0.15) is 0 Å². The molecule has 21 heavy (non-hydrogen) atoms. The molecule has 3 heteroatoms. The van der Waals surface area contributed by atoms with Gasteiger partial charge < -0.3 is 10.1 Å². The Labute approximate surface area is 138 Å². The van der Waals surface area contributed by atoms with E-state index in [1.54, 1.807) is 0 Å². The number of halogens is 1. The van der Waals surface area contributed by atoms with Crippen molar-refractivity contribution in [1.29, 1.82) is 0 Å². The molecular formula is C18H28BrNO. The summed E-state index contributed by atoms with van der Waals surface area (Å²) in [6, 6.07) is 6.22. The summed E-state index contributed by atoms with van der Waals surface area (Å²) in [7, 11) is 0. The van der Waals surface area contributed by atoms with Crippen LogP contribution in [0.5, 0.6) is 5.75 Å². The SMILES string of the molecule is C=CCCCCCOc1ccc(Br)c(CNCC(C)C)c1. The molecule has 0 atom stereocenters. The van der Waals surface area contributed by atoms with Gasteiger partial charge in [-0.05, 0) is 61.9 Å². The van der Waals surface area contributed by atoms with Crippen molar-refractivity contribution in [1.82, 2.24) is 5.32 Å². The number of rotatable bonds is 11. The van der Waals surface area contributed by atoms with Crippen LogP contribution in [0.4, 0.5) is 0 Å². The van der Waals surface area contributed by atoms with Crippen molar-refractivity contribution in [2.75, 3.05) is 13.2 Å². The van der Waals surface area contributed by atoms with Crippen LogP contribution in [-0.4, -0.2) is 13.2 Å². The van der Waals surface area contributed by atoms with E-state index in [1.165, 1.54) is 18.4 Å². The molecule has 0 aromatic heterocycles. The van der Waals surface area contributed by atoms with Gasteiger partial charge in [0, 0.05) is 11.0 Å². The summed E-state index contributed by atoms with van der Waals surface area (Å²) in [5, 5.41) is 3.46. The minimum atomic E-state index is 0.666. The lowest BCUT2D eigenvalue weighted by molar-refractivity contribution is 0.305. The normalized spacial score (nSPS) is 10.9. The van der Waals surface area contributed by atoms with Crippen LogP contribution in [0.25, 0.3) is 0 Å². The molecule has 1 N–H and O–H groups in total. The molecule has 0 unspecified atom stereocenters. The maximum Gasteiger partial charge on any atom is 0.119 e. The minimum Gasteiger partial charge on any atom is -0.494 e. The van der Waals surface area contributed by atoms with Crippen molar-refractivity contribution in [3.8, 4) is 5.75 Å². The second-order valence-corrected chi connectivity index (χ2v) is 6.62. The second-order valence-electron chi connectivity index (χ2n) is 5.76. The third-order valence-corrected chi connectivity index (χ3v) is 3.98. The van der Waals surface area contributed by atoms with Gasteiger partial charge in [-0.1, -0.05) is 35.9 Å². The molecule has 1 rings (SSSR count). The van der Waals surface area contributed by atoms with Crippen LogP contribution >= 0.6 is 15.9 Å². The van der Waals surface area contributed by atoms with Crippen LogP contribution in [0.15, 0.2) is 35.3 Å². The van der Waals surface area contributed by atoms with Crippen LogP contribution in [0, 0.1) is 5.92 Å². The van der Waals surface area contributed by atoms with Gasteiger partial charge in [0.25, 0.3) is 0 Å². The number of hydrogen-bond acceptors (Lipinski definition) is 2.